The van der Waals surface area contributed by atoms with E-state index in [1.54, 1.807) is 11.3 Å². The topological polar surface area (TPSA) is 30.2 Å². The van der Waals surface area contributed by atoms with Gasteiger partial charge in [-0.1, -0.05) is 62.1 Å². The first-order chi connectivity index (χ1) is 14.3. The van der Waals surface area contributed by atoms with E-state index in [0.29, 0.717) is 0 Å². The third-order valence-corrected chi connectivity index (χ3v) is 6.59. The van der Waals surface area contributed by atoms with Crippen molar-refractivity contribution in [1.82, 2.24) is 14.4 Å². The van der Waals surface area contributed by atoms with Gasteiger partial charge < -0.3 is 0 Å². The minimum absolute atomic E-state index is 0.788. The molecule has 0 spiro atoms. The molecule has 3 heterocycles. The lowest BCUT2D eigenvalue weighted by molar-refractivity contribution is 0.354. The monoisotopic (exact) mass is 397 g/mol. The molecule has 4 aromatic rings. The Morgan fingerprint density at radius 3 is 2.66 bits per heavy atom. The Labute approximate surface area is 175 Å². The van der Waals surface area contributed by atoms with Crippen molar-refractivity contribution in [3.8, 4) is 22.4 Å². The molecule has 4 heteroatoms. The summed E-state index contributed by atoms with van der Waals surface area (Å²) in [6.07, 6.45) is 12.1. The van der Waals surface area contributed by atoms with Crippen LogP contribution < -0.4 is 0 Å². The van der Waals surface area contributed by atoms with Crippen molar-refractivity contribution in [2.45, 2.75) is 38.5 Å². The number of benzene rings is 1. The lowest BCUT2D eigenvalue weighted by Crippen LogP contribution is -2.10. The zero-order valence-corrected chi connectivity index (χ0v) is 17.2. The summed E-state index contributed by atoms with van der Waals surface area (Å²) in [5, 5.41) is 0. The molecule has 3 nitrogen and oxygen atoms in total. The van der Waals surface area contributed by atoms with Crippen LogP contribution >= 0.6 is 11.3 Å². The Kier molecular flexibility index (Phi) is 5.15. The fraction of sp³-hybridized carbons (Fsp3) is 0.280. The largest absolute Gasteiger partial charge is 0.290 e. The van der Waals surface area contributed by atoms with Gasteiger partial charge in [0.1, 0.15) is 5.69 Å². The van der Waals surface area contributed by atoms with Crippen LogP contribution in [-0.4, -0.2) is 14.4 Å². The molecule has 0 atom stereocenters. The van der Waals surface area contributed by atoms with Gasteiger partial charge in [0, 0.05) is 23.7 Å². The molecular formula is C25H23N3S. The molecule has 1 aromatic carbocycles. The Bertz CT molecular complexity index is 1170. The van der Waals surface area contributed by atoms with Gasteiger partial charge in [-0.25, -0.2) is 9.97 Å². The zero-order chi connectivity index (χ0) is 19.5. The molecule has 144 valence electrons. The molecule has 3 aromatic heterocycles. The summed E-state index contributed by atoms with van der Waals surface area (Å²) in [6, 6.07) is 16.4. The molecule has 1 fully saturated rings. The van der Waals surface area contributed by atoms with Gasteiger partial charge >= 0.3 is 0 Å². The molecular weight excluding hydrogens is 374 g/mol. The number of hydrogen-bond acceptors (Lipinski definition) is 3. The van der Waals surface area contributed by atoms with Gasteiger partial charge in [0.15, 0.2) is 0 Å². The zero-order valence-electron chi connectivity index (χ0n) is 16.3. The Morgan fingerprint density at radius 2 is 1.79 bits per heavy atom. The van der Waals surface area contributed by atoms with Crippen LogP contribution in [0.5, 0.6) is 0 Å². The number of imidazole rings is 1. The van der Waals surface area contributed by atoms with E-state index in [9.17, 15) is 0 Å². The summed E-state index contributed by atoms with van der Waals surface area (Å²) < 4.78 is 2.02. The van der Waals surface area contributed by atoms with Crippen molar-refractivity contribution in [3.63, 3.8) is 0 Å². The highest BCUT2D eigenvalue weighted by Gasteiger charge is 2.15. The summed E-state index contributed by atoms with van der Waals surface area (Å²) in [7, 11) is 0. The summed E-state index contributed by atoms with van der Waals surface area (Å²) >= 11 is 1.68. The number of fused-ring (bicyclic) bond motifs is 1. The SMILES string of the molecule is C(#Cc1ccc(-c2cn3ccc(CC4CCCCC4)nc3n2)s1)c1ccccc1. The molecule has 0 unspecified atom stereocenters. The van der Waals surface area contributed by atoms with Crippen molar-refractivity contribution >= 4 is 17.1 Å². The molecule has 0 aliphatic heterocycles. The first kappa shape index (κ1) is 18.1. The van der Waals surface area contributed by atoms with Gasteiger partial charge in [-0.3, -0.25) is 4.40 Å². The molecule has 1 saturated carbocycles. The third-order valence-electron chi connectivity index (χ3n) is 5.57. The second kappa shape index (κ2) is 8.23. The molecule has 5 rings (SSSR count). The van der Waals surface area contributed by atoms with E-state index in [4.69, 9.17) is 9.97 Å². The number of hydrogen-bond donors (Lipinski definition) is 0. The van der Waals surface area contributed by atoms with E-state index >= 15 is 0 Å². The number of thiophene rings is 1. The highest BCUT2D eigenvalue weighted by molar-refractivity contribution is 7.16. The van der Waals surface area contributed by atoms with E-state index in [1.807, 2.05) is 34.7 Å². The van der Waals surface area contributed by atoms with E-state index < -0.39 is 0 Å². The maximum atomic E-state index is 4.83. The van der Waals surface area contributed by atoms with Crippen LogP contribution in [0.1, 0.15) is 48.2 Å². The standard InChI is InChI=1S/C25H23N3S/c1-3-7-19(8-4-1)11-12-22-13-14-24(29-22)23-18-28-16-15-21(26-25(28)27-23)17-20-9-5-2-6-10-20/h1,3-4,7-8,13-16,18,20H,2,5-6,9-10,17H2. The van der Waals surface area contributed by atoms with Crippen LogP contribution in [0.15, 0.2) is 60.9 Å². The van der Waals surface area contributed by atoms with Crippen molar-refractivity contribution in [1.29, 1.82) is 0 Å². The minimum atomic E-state index is 0.788. The highest BCUT2D eigenvalue weighted by atomic mass is 32.1. The van der Waals surface area contributed by atoms with Gasteiger partial charge in [0.25, 0.3) is 0 Å². The van der Waals surface area contributed by atoms with Crippen LogP contribution in [0.25, 0.3) is 16.3 Å². The van der Waals surface area contributed by atoms with Crippen LogP contribution in [0.4, 0.5) is 0 Å². The van der Waals surface area contributed by atoms with Crippen LogP contribution in [0.2, 0.25) is 0 Å². The van der Waals surface area contributed by atoms with E-state index in [-0.39, 0.29) is 0 Å². The summed E-state index contributed by atoms with van der Waals surface area (Å²) in [4.78, 5) is 11.8. The highest BCUT2D eigenvalue weighted by Crippen LogP contribution is 2.28. The van der Waals surface area contributed by atoms with Crippen molar-refractivity contribution in [2.75, 3.05) is 0 Å². The van der Waals surface area contributed by atoms with Gasteiger partial charge in [0.05, 0.1) is 9.75 Å². The Balaban J connectivity index is 1.35. The maximum Gasteiger partial charge on any atom is 0.234 e. The molecule has 0 bridgehead atoms. The summed E-state index contributed by atoms with van der Waals surface area (Å²) in [5.74, 6) is 8.06. The van der Waals surface area contributed by atoms with E-state index in [1.165, 1.54) is 37.8 Å². The molecule has 1 aliphatic rings. The fourth-order valence-electron chi connectivity index (χ4n) is 4.03. The van der Waals surface area contributed by atoms with Crippen molar-refractivity contribution in [3.05, 3.63) is 77.1 Å². The van der Waals surface area contributed by atoms with Gasteiger partial charge in [-0.15, -0.1) is 11.3 Å². The number of nitrogens with zero attached hydrogens (tertiary/aromatic N) is 3. The third kappa shape index (κ3) is 4.26. The minimum Gasteiger partial charge on any atom is -0.290 e. The van der Waals surface area contributed by atoms with E-state index in [2.05, 4.69) is 42.4 Å². The first-order valence-corrected chi connectivity index (χ1v) is 11.2. The normalized spacial score (nSPS) is 14.6. The van der Waals surface area contributed by atoms with Crippen LogP contribution in [-0.2, 0) is 6.42 Å². The van der Waals surface area contributed by atoms with Crippen LogP contribution in [0.3, 0.4) is 0 Å². The lowest BCUT2D eigenvalue weighted by Gasteiger charge is -2.20. The van der Waals surface area contributed by atoms with Gasteiger partial charge in [-0.05, 0) is 42.7 Å². The predicted molar refractivity (Wildman–Crippen MR) is 119 cm³/mol. The second-order valence-corrected chi connectivity index (χ2v) is 8.82. The van der Waals surface area contributed by atoms with Crippen molar-refractivity contribution in [2.24, 2.45) is 5.92 Å². The predicted octanol–water partition coefficient (Wildman–Crippen LogP) is 5.98. The number of rotatable bonds is 3. The van der Waals surface area contributed by atoms with E-state index in [0.717, 1.165) is 39.1 Å². The van der Waals surface area contributed by atoms with Crippen LogP contribution in [0, 0.1) is 17.8 Å². The Hall–Kier alpha value is -2.90. The summed E-state index contributed by atoms with van der Waals surface area (Å²) in [5.41, 5.74) is 3.16. The molecule has 0 radical (unpaired) electrons. The maximum absolute atomic E-state index is 4.83. The van der Waals surface area contributed by atoms with Crippen molar-refractivity contribution < 1.29 is 0 Å². The summed E-state index contributed by atoms with van der Waals surface area (Å²) in [6.45, 7) is 0. The molecule has 0 amide bonds. The molecule has 0 N–H and O–H groups in total. The Morgan fingerprint density at radius 1 is 0.931 bits per heavy atom. The average molecular weight is 398 g/mol. The number of aromatic nitrogens is 3. The molecule has 0 saturated heterocycles. The molecule has 1 aliphatic carbocycles. The lowest BCUT2D eigenvalue weighted by atomic mass is 9.86. The van der Waals surface area contributed by atoms with Gasteiger partial charge in [-0.2, -0.15) is 0 Å². The fourth-order valence-corrected chi connectivity index (χ4v) is 4.84. The molecule has 29 heavy (non-hydrogen) atoms. The first-order valence-electron chi connectivity index (χ1n) is 10.4. The average Bonchev–Trinajstić information content (AvgIpc) is 3.40. The smallest absolute Gasteiger partial charge is 0.234 e. The second-order valence-electron chi connectivity index (χ2n) is 7.74. The quantitative estimate of drug-likeness (QED) is 0.398. The van der Waals surface area contributed by atoms with Gasteiger partial charge in [0.2, 0.25) is 5.78 Å².